The van der Waals surface area contributed by atoms with E-state index in [1.807, 2.05) is 12.4 Å². The van der Waals surface area contributed by atoms with E-state index in [0.717, 1.165) is 36.8 Å². The molecule has 0 fully saturated rings. The molecule has 0 radical (unpaired) electrons. The first kappa shape index (κ1) is 14.5. The molecule has 0 aliphatic carbocycles. The number of aromatic nitrogens is 3. The van der Waals surface area contributed by atoms with Crippen molar-refractivity contribution in [2.75, 3.05) is 6.54 Å². The first-order valence-corrected chi connectivity index (χ1v) is 8.32. The molecule has 0 spiro atoms. The summed E-state index contributed by atoms with van der Waals surface area (Å²) < 4.78 is 15.5. The molecule has 2 aromatic heterocycles. The van der Waals surface area contributed by atoms with Crippen LogP contribution in [0.3, 0.4) is 0 Å². The number of hydrogen-bond acceptors (Lipinski definition) is 2. The topological polar surface area (TPSA) is 45.6 Å². The number of nitrogens with one attached hydrogen (secondary N) is 2. The monoisotopic (exact) mass is 312 g/mol. The van der Waals surface area contributed by atoms with Crippen LogP contribution in [0, 0.1) is 5.82 Å². The van der Waals surface area contributed by atoms with Crippen LogP contribution in [0.15, 0.2) is 36.7 Å². The summed E-state index contributed by atoms with van der Waals surface area (Å²) in [6.45, 7) is 1.99. The summed E-state index contributed by atoms with van der Waals surface area (Å²) in [6.07, 6.45) is 8.21. The fraction of sp³-hybridized carbons (Fsp3) is 0.389. The second kappa shape index (κ2) is 6.16. The lowest BCUT2D eigenvalue weighted by Gasteiger charge is -2.24. The maximum Gasteiger partial charge on any atom is 0.123 e. The number of benzene rings is 1. The highest BCUT2D eigenvalue weighted by Crippen LogP contribution is 2.24. The highest BCUT2D eigenvalue weighted by atomic mass is 19.1. The van der Waals surface area contributed by atoms with Gasteiger partial charge in [-0.2, -0.15) is 5.10 Å². The van der Waals surface area contributed by atoms with E-state index in [0.29, 0.717) is 6.04 Å². The molecule has 0 bridgehead atoms. The smallest absolute Gasteiger partial charge is 0.123 e. The van der Waals surface area contributed by atoms with Crippen LogP contribution < -0.4 is 5.32 Å². The largest absolute Gasteiger partial charge is 0.361 e. The minimum atomic E-state index is -0.174. The Morgan fingerprint density at radius 1 is 1.35 bits per heavy atom. The first-order chi connectivity index (χ1) is 11.3. The first-order valence-electron chi connectivity index (χ1n) is 8.32. The molecule has 1 aliphatic rings. The lowest BCUT2D eigenvalue weighted by molar-refractivity contribution is 0.374. The fourth-order valence-corrected chi connectivity index (χ4v) is 3.54. The summed E-state index contributed by atoms with van der Waals surface area (Å²) in [7, 11) is 0. The molecular formula is C18H21FN4. The molecule has 0 amide bonds. The van der Waals surface area contributed by atoms with Crippen LogP contribution >= 0.6 is 0 Å². The number of aryl methyl sites for hydroxylation is 2. The van der Waals surface area contributed by atoms with Crippen molar-refractivity contribution in [3.8, 4) is 0 Å². The van der Waals surface area contributed by atoms with Crippen molar-refractivity contribution < 1.29 is 4.39 Å². The maximum absolute atomic E-state index is 13.4. The van der Waals surface area contributed by atoms with Gasteiger partial charge in [-0.3, -0.25) is 4.68 Å². The molecule has 1 aliphatic heterocycles. The molecular weight excluding hydrogens is 291 g/mol. The molecule has 4 rings (SSSR count). The normalized spacial score (nSPS) is 17.5. The molecule has 1 aromatic carbocycles. The number of rotatable bonds is 5. The third kappa shape index (κ3) is 2.88. The minimum absolute atomic E-state index is 0.174. The number of fused-ring (bicyclic) bond motifs is 2. The molecule has 3 heterocycles. The Balaban J connectivity index is 1.35. The van der Waals surface area contributed by atoms with Gasteiger partial charge in [-0.05, 0) is 62.1 Å². The van der Waals surface area contributed by atoms with E-state index in [9.17, 15) is 4.39 Å². The molecule has 0 saturated heterocycles. The van der Waals surface area contributed by atoms with Crippen molar-refractivity contribution >= 4 is 10.9 Å². The average Bonchev–Trinajstić information content (AvgIpc) is 3.18. The van der Waals surface area contributed by atoms with Crippen molar-refractivity contribution in [2.45, 2.75) is 38.3 Å². The van der Waals surface area contributed by atoms with Crippen LogP contribution in [0.5, 0.6) is 0 Å². The molecule has 2 N–H and O–H groups in total. The Morgan fingerprint density at radius 2 is 2.30 bits per heavy atom. The van der Waals surface area contributed by atoms with E-state index < -0.39 is 0 Å². The Labute approximate surface area is 134 Å². The standard InChI is InChI=1S/C18H21FN4/c19-14-5-6-16-15(11-14)13(12-21-16)3-1-8-20-17-4-2-10-23-18(17)7-9-22-23/h5-7,9,11-12,17,20-21H,1-4,8,10H2. The van der Waals surface area contributed by atoms with Crippen LogP contribution in [0.25, 0.3) is 10.9 Å². The predicted octanol–water partition coefficient (Wildman–Crippen LogP) is 3.56. The van der Waals surface area contributed by atoms with Gasteiger partial charge in [0, 0.05) is 35.9 Å². The van der Waals surface area contributed by atoms with Gasteiger partial charge in [-0.1, -0.05) is 0 Å². The van der Waals surface area contributed by atoms with Crippen LogP contribution in [0.2, 0.25) is 0 Å². The van der Waals surface area contributed by atoms with Crippen molar-refractivity contribution in [3.05, 3.63) is 53.7 Å². The second-order valence-corrected chi connectivity index (χ2v) is 6.24. The molecule has 120 valence electrons. The molecule has 1 unspecified atom stereocenters. The quantitative estimate of drug-likeness (QED) is 0.708. The molecule has 1 atom stereocenters. The maximum atomic E-state index is 13.4. The number of aromatic amines is 1. The van der Waals surface area contributed by atoms with Gasteiger partial charge in [0.05, 0.1) is 5.69 Å². The summed E-state index contributed by atoms with van der Waals surface area (Å²) in [5.41, 5.74) is 3.49. The van der Waals surface area contributed by atoms with Crippen molar-refractivity contribution in [1.29, 1.82) is 0 Å². The molecule has 0 saturated carbocycles. The lowest BCUT2D eigenvalue weighted by atomic mass is 10.0. The third-order valence-electron chi connectivity index (χ3n) is 4.71. The third-order valence-corrected chi connectivity index (χ3v) is 4.71. The molecule has 3 aromatic rings. The summed E-state index contributed by atoms with van der Waals surface area (Å²) in [5, 5.41) is 9.00. The number of H-pyrrole nitrogens is 1. The van der Waals surface area contributed by atoms with Gasteiger partial charge in [0.15, 0.2) is 0 Å². The van der Waals surface area contributed by atoms with Crippen LogP contribution in [0.1, 0.15) is 36.6 Å². The summed E-state index contributed by atoms with van der Waals surface area (Å²) >= 11 is 0. The van der Waals surface area contributed by atoms with E-state index in [4.69, 9.17) is 0 Å². The van der Waals surface area contributed by atoms with E-state index in [-0.39, 0.29) is 5.82 Å². The van der Waals surface area contributed by atoms with Gasteiger partial charge >= 0.3 is 0 Å². The van der Waals surface area contributed by atoms with Crippen molar-refractivity contribution in [3.63, 3.8) is 0 Å². The van der Waals surface area contributed by atoms with Crippen molar-refractivity contribution in [1.82, 2.24) is 20.1 Å². The van der Waals surface area contributed by atoms with Crippen molar-refractivity contribution in [2.24, 2.45) is 0 Å². The number of halogens is 1. The second-order valence-electron chi connectivity index (χ2n) is 6.24. The van der Waals surface area contributed by atoms with E-state index in [2.05, 4.69) is 26.1 Å². The summed E-state index contributed by atoms with van der Waals surface area (Å²) in [6, 6.07) is 7.44. The van der Waals surface area contributed by atoms with Gasteiger partial charge in [0.2, 0.25) is 0 Å². The van der Waals surface area contributed by atoms with Gasteiger partial charge in [-0.25, -0.2) is 4.39 Å². The fourth-order valence-electron chi connectivity index (χ4n) is 3.54. The van der Waals surface area contributed by atoms with Gasteiger partial charge in [-0.15, -0.1) is 0 Å². The van der Waals surface area contributed by atoms with E-state index in [1.54, 1.807) is 12.1 Å². The highest BCUT2D eigenvalue weighted by molar-refractivity contribution is 5.83. The zero-order chi connectivity index (χ0) is 15.6. The molecule has 5 heteroatoms. The molecule has 4 nitrogen and oxygen atoms in total. The van der Waals surface area contributed by atoms with Gasteiger partial charge in [0.25, 0.3) is 0 Å². The minimum Gasteiger partial charge on any atom is -0.361 e. The Kier molecular flexibility index (Phi) is 3.87. The summed E-state index contributed by atoms with van der Waals surface area (Å²) in [4.78, 5) is 3.22. The van der Waals surface area contributed by atoms with Crippen LogP contribution in [-0.4, -0.2) is 21.3 Å². The summed E-state index contributed by atoms with van der Waals surface area (Å²) in [5.74, 6) is -0.174. The predicted molar refractivity (Wildman–Crippen MR) is 88.8 cm³/mol. The Morgan fingerprint density at radius 3 is 3.26 bits per heavy atom. The lowest BCUT2D eigenvalue weighted by Crippen LogP contribution is -2.28. The SMILES string of the molecule is Fc1ccc2[nH]cc(CCCNC3CCCn4nccc43)c2c1. The number of nitrogens with zero attached hydrogens (tertiary/aromatic N) is 2. The van der Waals surface area contributed by atoms with Gasteiger partial charge in [0.1, 0.15) is 5.82 Å². The average molecular weight is 312 g/mol. The zero-order valence-corrected chi connectivity index (χ0v) is 13.1. The molecule has 23 heavy (non-hydrogen) atoms. The zero-order valence-electron chi connectivity index (χ0n) is 13.1. The van der Waals surface area contributed by atoms with E-state index >= 15 is 0 Å². The van der Waals surface area contributed by atoms with Crippen LogP contribution in [-0.2, 0) is 13.0 Å². The Hall–Kier alpha value is -2.14. The highest BCUT2D eigenvalue weighted by Gasteiger charge is 2.19. The number of hydrogen-bond donors (Lipinski definition) is 2. The Bertz CT molecular complexity index is 804. The van der Waals surface area contributed by atoms with Crippen LogP contribution in [0.4, 0.5) is 4.39 Å². The van der Waals surface area contributed by atoms with Gasteiger partial charge < -0.3 is 10.3 Å². The van der Waals surface area contributed by atoms with E-state index in [1.165, 1.54) is 30.2 Å².